The molecule has 4 aromatic heterocycles. The number of hydrogen-bond acceptors (Lipinski definition) is 7. The summed E-state index contributed by atoms with van der Waals surface area (Å²) in [6.45, 7) is 2.05. The Kier molecular flexibility index (Phi) is 4.74. The first kappa shape index (κ1) is 18.5. The molecule has 0 aliphatic heterocycles. The molecule has 0 bridgehead atoms. The van der Waals surface area contributed by atoms with Crippen molar-refractivity contribution < 1.29 is 9.32 Å². The van der Waals surface area contributed by atoms with Crippen LogP contribution in [-0.2, 0) is 11.3 Å². The highest BCUT2D eigenvalue weighted by atomic mass is 16.5. The summed E-state index contributed by atoms with van der Waals surface area (Å²) in [5.74, 6) is 1.57. The van der Waals surface area contributed by atoms with Gasteiger partial charge in [-0.1, -0.05) is 24.4 Å². The number of carbonyl (C=O) groups excluding carboxylic acids is 1. The zero-order valence-corrected chi connectivity index (χ0v) is 16.7. The van der Waals surface area contributed by atoms with E-state index in [1.54, 1.807) is 17.1 Å². The Balaban J connectivity index is 1.28. The molecule has 10 heteroatoms. The molecule has 0 spiro atoms. The van der Waals surface area contributed by atoms with Crippen LogP contribution in [0, 0.1) is 6.92 Å². The summed E-state index contributed by atoms with van der Waals surface area (Å²) in [5, 5.41) is 19.6. The molecule has 10 nitrogen and oxygen atoms in total. The number of rotatable bonds is 5. The number of amides is 1. The highest BCUT2D eigenvalue weighted by Crippen LogP contribution is 2.22. The second kappa shape index (κ2) is 7.69. The second-order valence-corrected chi connectivity index (χ2v) is 7.65. The number of pyridine rings is 1. The van der Waals surface area contributed by atoms with Gasteiger partial charge in [0.15, 0.2) is 5.65 Å². The lowest BCUT2D eigenvalue weighted by atomic mass is 9.95. The van der Waals surface area contributed by atoms with Crippen LogP contribution in [0.3, 0.4) is 0 Å². The van der Waals surface area contributed by atoms with E-state index in [-0.39, 0.29) is 18.5 Å². The zero-order chi connectivity index (χ0) is 20.5. The van der Waals surface area contributed by atoms with Gasteiger partial charge in [-0.15, -0.1) is 10.2 Å². The minimum atomic E-state index is -0.0274. The van der Waals surface area contributed by atoms with Crippen molar-refractivity contribution in [2.75, 3.05) is 0 Å². The van der Waals surface area contributed by atoms with Crippen LogP contribution in [0.1, 0.15) is 37.9 Å². The van der Waals surface area contributed by atoms with Gasteiger partial charge in [-0.3, -0.25) is 13.9 Å². The molecule has 0 radical (unpaired) electrons. The minimum Gasteiger partial charge on any atom is -0.352 e. The average molecular weight is 406 g/mol. The monoisotopic (exact) mass is 406 g/mol. The summed E-state index contributed by atoms with van der Waals surface area (Å²) in [6, 6.07) is 4.01. The van der Waals surface area contributed by atoms with Gasteiger partial charge in [-0.05, 0) is 31.9 Å². The molecule has 30 heavy (non-hydrogen) atoms. The fourth-order valence-corrected chi connectivity index (χ4v) is 3.82. The molecule has 1 aliphatic carbocycles. The number of aryl methyl sites for hydroxylation is 1. The largest absolute Gasteiger partial charge is 0.352 e. The van der Waals surface area contributed by atoms with Gasteiger partial charge in [0.05, 0.1) is 11.8 Å². The molecule has 154 valence electrons. The Morgan fingerprint density at radius 2 is 2.03 bits per heavy atom. The molecule has 0 saturated heterocycles. The second-order valence-electron chi connectivity index (χ2n) is 7.65. The zero-order valence-electron chi connectivity index (χ0n) is 16.7. The highest BCUT2D eigenvalue weighted by Gasteiger charge is 2.17. The summed E-state index contributed by atoms with van der Waals surface area (Å²) in [7, 11) is 0. The number of nitrogens with zero attached hydrogens (tertiary/aromatic N) is 7. The molecular weight excluding hydrogens is 384 g/mol. The van der Waals surface area contributed by atoms with Crippen molar-refractivity contribution >= 4 is 11.6 Å². The summed E-state index contributed by atoms with van der Waals surface area (Å²) in [5.41, 5.74) is 2.22. The summed E-state index contributed by atoms with van der Waals surface area (Å²) < 4.78 is 8.87. The SMILES string of the molecule is Cc1nnc2ccc(-c3noc(-c4cnn(CC(=O)NC5CCCCC5)c4)n3)cn12. The molecule has 0 atom stereocenters. The lowest BCUT2D eigenvalue weighted by Gasteiger charge is -2.22. The lowest BCUT2D eigenvalue weighted by molar-refractivity contribution is -0.122. The van der Waals surface area contributed by atoms with E-state index < -0.39 is 0 Å². The molecule has 0 unspecified atom stereocenters. The Bertz CT molecular complexity index is 1180. The Morgan fingerprint density at radius 3 is 2.90 bits per heavy atom. The van der Waals surface area contributed by atoms with Crippen LogP contribution < -0.4 is 5.32 Å². The van der Waals surface area contributed by atoms with Crippen molar-refractivity contribution in [3.63, 3.8) is 0 Å². The molecule has 1 N–H and O–H groups in total. The van der Waals surface area contributed by atoms with Gasteiger partial charge in [-0.25, -0.2) is 0 Å². The van der Waals surface area contributed by atoms with Crippen LogP contribution in [0.4, 0.5) is 0 Å². The third-order valence-electron chi connectivity index (χ3n) is 5.41. The van der Waals surface area contributed by atoms with Crippen molar-refractivity contribution in [1.82, 2.24) is 39.8 Å². The number of aromatic nitrogens is 7. The third-order valence-corrected chi connectivity index (χ3v) is 5.41. The van der Waals surface area contributed by atoms with E-state index in [0.717, 1.165) is 29.9 Å². The van der Waals surface area contributed by atoms with E-state index in [1.165, 1.54) is 19.3 Å². The molecule has 4 heterocycles. The van der Waals surface area contributed by atoms with E-state index >= 15 is 0 Å². The van der Waals surface area contributed by atoms with Crippen molar-refractivity contribution in [3.8, 4) is 22.8 Å². The smallest absolute Gasteiger partial charge is 0.261 e. The van der Waals surface area contributed by atoms with E-state index in [0.29, 0.717) is 17.3 Å². The maximum atomic E-state index is 12.3. The van der Waals surface area contributed by atoms with E-state index in [2.05, 4.69) is 30.8 Å². The quantitative estimate of drug-likeness (QED) is 0.541. The van der Waals surface area contributed by atoms with Gasteiger partial charge in [0.25, 0.3) is 5.89 Å². The topological polar surface area (TPSA) is 116 Å². The van der Waals surface area contributed by atoms with Crippen LogP contribution in [0.25, 0.3) is 28.5 Å². The van der Waals surface area contributed by atoms with Crippen LogP contribution in [0.15, 0.2) is 35.2 Å². The molecule has 4 aromatic rings. The number of fused-ring (bicyclic) bond motifs is 1. The van der Waals surface area contributed by atoms with Crippen molar-refractivity contribution in [2.24, 2.45) is 0 Å². The molecule has 0 aromatic carbocycles. The van der Waals surface area contributed by atoms with Crippen LogP contribution in [0.5, 0.6) is 0 Å². The van der Waals surface area contributed by atoms with Gasteiger partial charge in [0, 0.05) is 24.0 Å². The van der Waals surface area contributed by atoms with Gasteiger partial charge in [0.2, 0.25) is 11.7 Å². The van der Waals surface area contributed by atoms with Crippen molar-refractivity contribution in [3.05, 3.63) is 36.5 Å². The van der Waals surface area contributed by atoms with E-state index in [4.69, 9.17) is 4.52 Å². The van der Waals surface area contributed by atoms with Gasteiger partial charge in [-0.2, -0.15) is 10.1 Å². The van der Waals surface area contributed by atoms with E-state index in [1.807, 2.05) is 29.7 Å². The number of carbonyl (C=O) groups is 1. The number of nitrogens with one attached hydrogen (secondary N) is 1. The van der Waals surface area contributed by atoms with Gasteiger partial charge < -0.3 is 9.84 Å². The average Bonchev–Trinajstić information content (AvgIpc) is 3.49. The number of hydrogen-bond donors (Lipinski definition) is 1. The third kappa shape index (κ3) is 3.68. The fraction of sp³-hybridized carbons (Fsp3) is 0.400. The van der Waals surface area contributed by atoms with Crippen molar-refractivity contribution in [1.29, 1.82) is 0 Å². The molecule has 5 rings (SSSR count). The standard InChI is InChI=1S/C20H22N8O2/c1-13-24-25-17-8-7-14(11-28(13)17)19-23-20(30-26-19)15-9-21-27(10-15)12-18(29)22-16-5-3-2-4-6-16/h7-11,16H,2-6,12H2,1H3,(H,22,29). The first-order chi connectivity index (χ1) is 14.7. The highest BCUT2D eigenvalue weighted by molar-refractivity contribution is 5.76. The van der Waals surface area contributed by atoms with Crippen LogP contribution in [-0.4, -0.2) is 46.5 Å². The first-order valence-corrected chi connectivity index (χ1v) is 10.1. The van der Waals surface area contributed by atoms with Crippen molar-refractivity contribution in [2.45, 2.75) is 51.6 Å². The Labute approximate surface area is 172 Å². The predicted molar refractivity (Wildman–Crippen MR) is 107 cm³/mol. The maximum Gasteiger partial charge on any atom is 0.261 e. The lowest BCUT2D eigenvalue weighted by Crippen LogP contribution is -2.38. The summed E-state index contributed by atoms with van der Waals surface area (Å²) >= 11 is 0. The first-order valence-electron chi connectivity index (χ1n) is 10.1. The maximum absolute atomic E-state index is 12.3. The minimum absolute atomic E-state index is 0.0274. The van der Waals surface area contributed by atoms with Crippen LogP contribution in [0.2, 0.25) is 0 Å². The normalized spacial score (nSPS) is 15.0. The molecule has 1 fully saturated rings. The Morgan fingerprint density at radius 1 is 1.17 bits per heavy atom. The predicted octanol–water partition coefficient (Wildman–Crippen LogP) is 2.40. The van der Waals surface area contributed by atoms with Crippen LogP contribution >= 0.6 is 0 Å². The molecular formula is C20H22N8O2. The van der Waals surface area contributed by atoms with Gasteiger partial charge in [0.1, 0.15) is 12.4 Å². The van der Waals surface area contributed by atoms with E-state index in [9.17, 15) is 4.79 Å². The summed E-state index contributed by atoms with van der Waals surface area (Å²) in [6.07, 6.45) is 11.0. The molecule has 1 aliphatic rings. The molecule has 1 saturated carbocycles. The van der Waals surface area contributed by atoms with Gasteiger partial charge >= 0.3 is 0 Å². The molecule has 1 amide bonds. The fourth-order valence-electron chi connectivity index (χ4n) is 3.82. The summed E-state index contributed by atoms with van der Waals surface area (Å²) in [4.78, 5) is 16.8. The Hall–Kier alpha value is -3.56.